The van der Waals surface area contributed by atoms with Crippen LogP contribution >= 0.6 is 11.6 Å². The highest BCUT2D eigenvalue weighted by atomic mass is 35.5. The molecule has 0 spiro atoms. The Labute approximate surface area is 131 Å². The number of nitrogens with two attached hydrogens (primary N) is 1. The smallest absolute Gasteiger partial charge is 0.189 e. The predicted octanol–water partition coefficient (Wildman–Crippen LogP) is 2.34. The standard InChI is InChI=1S/C14H22ClN3O2S/c1-5-21(19,20)12-7-10(6-11(15)8-12)9-17-13(16)18-14(2,3)4/h6-8H,5,9H2,1-4H3,(H3,16,17,18). The van der Waals surface area contributed by atoms with Gasteiger partial charge in [0.15, 0.2) is 15.8 Å². The fourth-order valence-electron chi connectivity index (χ4n) is 1.66. The van der Waals surface area contributed by atoms with E-state index in [1.807, 2.05) is 20.8 Å². The summed E-state index contributed by atoms with van der Waals surface area (Å²) in [7, 11) is -3.29. The number of hydrogen-bond acceptors (Lipinski definition) is 3. The van der Waals surface area contributed by atoms with Crippen molar-refractivity contribution in [3.63, 3.8) is 0 Å². The van der Waals surface area contributed by atoms with Crippen LogP contribution in [0.1, 0.15) is 33.3 Å². The third-order valence-corrected chi connectivity index (χ3v) is 4.54. The van der Waals surface area contributed by atoms with E-state index in [1.165, 1.54) is 6.07 Å². The lowest BCUT2D eigenvalue weighted by molar-refractivity contribution is 0.508. The van der Waals surface area contributed by atoms with E-state index in [-0.39, 0.29) is 22.7 Å². The molecule has 0 saturated heterocycles. The number of aliphatic imine (C=N–C) groups is 1. The summed E-state index contributed by atoms with van der Waals surface area (Å²) in [5.41, 5.74) is 6.30. The summed E-state index contributed by atoms with van der Waals surface area (Å²) in [5.74, 6) is 0.339. The Morgan fingerprint density at radius 3 is 2.48 bits per heavy atom. The highest BCUT2D eigenvalue weighted by Gasteiger charge is 2.14. The molecule has 0 saturated carbocycles. The van der Waals surface area contributed by atoms with Gasteiger partial charge < -0.3 is 11.1 Å². The fraction of sp³-hybridized carbons (Fsp3) is 0.500. The van der Waals surface area contributed by atoms with E-state index in [0.717, 1.165) is 0 Å². The molecule has 0 aromatic heterocycles. The maximum atomic E-state index is 11.9. The van der Waals surface area contributed by atoms with Gasteiger partial charge >= 0.3 is 0 Å². The quantitative estimate of drug-likeness (QED) is 0.655. The number of benzene rings is 1. The molecule has 118 valence electrons. The van der Waals surface area contributed by atoms with Gasteiger partial charge in [-0.1, -0.05) is 18.5 Å². The van der Waals surface area contributed by atoms with Crippen LogP contribution in [0.4, 0.5) is 0 Å². The van der Waals surface area contributed by atoms with E-state index in [9.17, 15) is 8.42 Å². The summed E-state index contributed by atoms with van der Waals surface area (Å²) in [6.45, 7) is 7.78. The number of nitrogens with one attached hydrogen (secondary N) is 1. The Kier molecular flexibility index (Phi) is 5.64. The molecule has 0 unspecified atom stereocenters. The molecule has 21 heavy (non-hydrogen) atoms. The van der Waals surface area contributed by atoms with Gasteiger partial charge in [0.1, 0.15) is 0 Å². The van der Waals surface area contributed by atoms with Crippen molar-refractivity contribution in [2.45, 2.75) is 44.7 Å². The summed E-state index contributed by atoms with van der Waals surface area (Å²) in [6.07, 6.45) is 0. The fourth-order valence-corrected chi connectivity index (χ4v) is 2.95. The maximum absolute atomic E-state index is 11.9. The molecule has 1 rings (SSSR count). The van der Waals surface area contributed by atoms with Gasteiger partial charge in [-0.05, 0) is 44.5 Å². The number of sulfone groups is 1. The first-order valence-corrected chi connectivity index (χ1v) is 8.67. The van der Waals surface area contributed by atoms with Crippen molar-refractivity contribution >= 4 is 27.4 Å². The molecule has 0 fully saturated rings. The summed E-state index contributed by atoms with van der Waals surface area (Å²) in [4.78, 5) is 4.41. The average molecular weight is 332 g/mol. The third kappa shape index (κ3) is 5.93. The monoisotopic (exact) mass is 331 g/mol. The molecule has 7 heteroatoms. The van der Waals surface area contributed by atoms with Crippen LogP contribution in [0.5, 0.6) is 0 Å². The normalized spacial score (nSPS) is 13.3. The number of guanidine groups is 1. The van der Waals surface area contributed by atoms with Gasteiger partial charge in [0.05, 0.1) is 17.2 Å². The highest BCUT2D eigenvalue weighted by molar-refractivity contribution is 7.91. The van der Waals surface area contributed by atoms with Crippen LogP contribution in [0, 0.1) is 0 Å². The van der Waals surface area contributed by atoms with Gasteiger partial charge in [-0.3, -0.25) is 0 Å². The zero-order chi connectivity index (χ0) is 16.3. The molecule has 0 radical (unpaired) electrons. The molecule has 0 aliphatic heterocycles. The van der Waals surface area contributed by atoms with E-state index in [0.29, 0.717) is 16.5 Å². The minimum Gasteiger partial charge on any atom is -0.370 e. The number of rotatable bonds is 4. The lowest BCUT2D eigenvalue weighted by Gasteiger charge is -2.21. The van der Waals surface area contributed by atoms with Crippen molar-refractivity contribution in [1.82, 2.24) is 5.32 Å². The Bertz CT molecular complexity index is 634. The molecule has 1 aromatic rings. The van der Waals surface area contributed by atoms with Gasteiger partial charge in [0, 0.05) is 10.6 Å². The first-order valence-electron chi connectivity index (χ1n) is 6.64. The van der Waals surface area contributed by atoms with E-state index in [1.54, 1.807) is 19.1 Å². The van der Waals surface area contributed by atoms with Crippen LogP contribution in [0.2, 0.25) is 5.02 Å². The van der Waals surface area contributed by atoms with Gasteiger partial charge in [0.2, 0.25) is 0 Å². The van der Waals surface area contributed by atoms with E-state index in [4.69, 9.17) is 17.3 Å². The first kappa shape index (κ1) is 17.8. The summed E-state index contributed by atoms with van der Waals surface area (Å²) < 4.78 is 23.8. The Balaban J connectivity index is 2.98. The topological polar surface area (TPSA) is 84.5 Å². The van der Waals surface area contributed by atoms with E-state index in [2.05, 4.69) is 10.3 Å². The van der Waals surface area contributed by atoms with Crippen LogP contribution in [0.15, 0.2) is 28.1 Å². The Morgan fingerprint density at radius 1 is 1.33 bits per heavy atom. The number of hydrogen-bond donors (Lipinski definition) is 2. The second-order valence-corrected chi connectivity index (χ2v) is 8.49. The van der Waals surface area contributed by atoms with Crippen molar-refractivity contribution in [2.24, 2.45) is 10.7 Å². The summed E-state index contributed by atoms with van der Waals surface area (Å²) >= 11 is 5.98. The van der Waals surface area contributed by atoms with Gasteiger partial charge in [-0.15, -0.1) is 0 Å². The summed E-state index contributed by atoms with van der Waals surface area (Å²) in [6, 6.07) is 4.72. The second-order valence-electron chi connectivity index (χ2n) is 5.78. The first-order chi connectivity index (χ1) is 9.53. The molecule has 0 atom stereocenters. The SMILES string of the molecule is CCS(=O)(=O)c1cc(Cl)cc(CN=C(N)NC(C)(C)C)c1. The molecule has 0 amide bonds. The summed E-state index contributed by atoms with van der Waals surface area (Å²) in [5, 5.41) is 3.41. The van der Waals surface area contributed by atoms with E-state index >= 15 is 0 Å². The molecule has 1 aromatic carbocycles. The third-order valence-electron chi connectivity index (χ3n) is 2.61. The van der Waals surface area contributed by atoms with Gasteiger partial charge in [-0.25, -0.2) is 13.4 Å². The minimum atomic E-state index is -3.29. The van der Waals surface area contributed by atoms with Crippen LogP contribution in [0.3, 0.4) is 0 Å². The molecular weight excluding hydrogens is 310 g/mol. The zero-order valence-electron chi connectivity index (χ0n) is 12.8. The van der Waals surface area contributed by atoms with Gasteiger partial charge in [0.25, 0.3) is 0 Å². The molecule has 0 aliphatic rings. The van der Waals surface area contributed by atoms with Crippen molar-refractivity contribution in [3.8, 4) is 0 Å². The molecule has 5 nitrogen and oxygen atoms in total. The predicted molar refractivity (Wildman–Crippen MR) is 87.4 cm³/mol. The molecule has 3 N–H and O–H groups in total. The Morgan fingerprint density at radius 2 is 1.95 bits per heavy atom. The second kappa shape index (κ2) is 6.66. The molecular formula is C14H22ClN3O2S. The lowest BCUT2D eigenvalue weighted by Crippen LogP contribution is -2.44. The van der Waals surface area contributed by atoms with Crippen LogP contribution in [0.25, 0.3) is 0 Å². The van der Waals surface area contributed by atoms with Crippen LogP contribution in [-0.4, -0.2) is 25.7 Å². The molecule has 0 bridgehead atoms. The van der Waals surface area contributed by atoms with Crippen LogP contribution < -0.4 is 11.1 Å². The van der Waals surface area contributed by atoms with E-state index < -0.39 is 9.84 Å². The van der Waals surface area contributed by atoms with Crippen LogP contribution in [-0.2, 0) is 16.4 Å². The average Bonchev–Trinajstić information content (AvgIpc) is 2.33. The van der Waals surface area contributed by atoms with Crippen molar-refractivity contribution < 1.29 is 8.42 Å². The van der Waals surface area contributed by atoms with Gasteiger partial charge in [-0.2, -0.15) is 0 Å². The largest absolute Gasteiger partial charge is 0.370 e. The highest BCUT2D eigenvalue weighted by Crippen LogP contribution is 2.20. The number of halogens is 1. The number of nitrogens with zero attached hydrogens (tertiary/aromatic N) is 1. The van der Waals surface area contributed by atoms with Crippen molar-refractivity contribution in [1.29, 1.82) is 0 Å². The molecule has 0 aliphatic carbocycles. The van der Waals surface area contributed by atoms with Crippen molar-refractivity contribution in [3.05, 3.63) is 28.8 Å². The maximum Gasteiger partial charge on any atom is 0.189 e. The van der Waals surface area contributed by atoms with Crippen molar-refractivity contribution in [2.75, 3.05) is 5.75 Å². The lowest BCUT2D eigenvalue weighted by atomic mass is 10.1. The minimum absolute atomic E-state index is 0.0315. The Hall–Kier alpha value is -1.27. The zero-order valence-corrected chi connectivity index (χ0v) is 14.3. The molecule has 0 heterocycles.